The highest BCUT2D eigenvalue weighted by Gasteiger charge is 2.67. The van der Waals surface area contributed by atoms with Crippen LogP contribution in [0.2, 0.25) is 0 Å². The summed E-state index contributed by atoms with van der Waals surface area (Å²) in [6.07, 6.45) is 0.835. The molecule has 4 rings (SSSR count). The molecule has 1 amide bonds. The quantitative estimate of drug-likeness (QED) is 0.691. The van der Waals surface area contributed by atoms with Gasteiger partial charge in [0.05, 0.1) is 12.5 Å². The predicted octanol–water partition coefficient (Wildman–Crippen LogP) is 3.56. The normalized spacial score (nSPS) is 20.4. The van der Waals surface area contributed by atoms with Crippen molar-refractivity contribution in [2.45, 2.75) is 32.2 Å². The average molecular weight is 365 g/mol. The lowest BCUT2D eigenvalue weighted by Crippen LogP contribution is -2.38. The number of ether oxygens (including phenoxy) is 1. The molecule has 1 fully saturated rings. The Hall–Kier alpha value is -2.89. The summed E-state index contributed by atoms with van der Waals surface area (Å²) in [4.78, 5) is 15.3. The number of hydrogen-bond acceptors (Lipinski definition) is 5. The van der Waals surface area contributed by atoms with Crippen LogP contribution < -0.4 is 4.74 Å². The Labute approximate surface area is 158 Å². The molecule has 1 aromatic heterocycles. The summed E-state index contributed by atoms with van der Waals surface area (Å²) in [7, 11) is 3.50. The lowest BCUT2D eigenvalue weighted by atomic mass is 9.86. The highest BCUT2D eigenvalue weighted by molar-refractivity contribution is 5.93. The molecule has 2 aromatic carbocycles. The van der Waals surface area contributed by atoms with Crippen molar-refractivity contribution in [1.82, 2.24) is 15.2 Å². The summed E-state index contributed by atoms with van der Waals surface area (Å²) in [6, 6.07) is 13.6. The van der Waals surface area contributed by atoms with E-state index in [0.717, 1.165) is 23.3 Å². The van der Waals surface area contributed by atoms with Crippen molar-refractivity contribution in [3.63, 3.8) is 0 Å². The van der Waals surface area contributed by atoms with E-state index in [1.54, 1.807) is 12.0 Å². The number of amides is 1. The largest absolute Gasteiger partial charge is 0.497 e. The van der Waals surface area contributed by atoms with E-state index < -0.39 is 5.41 Å². The number of methoxy groups -OCH3 is 1. The summed E-state index contributed by atoms with van der Waals surface area (Å²) in [5, 5.41) is 7.70. The molecule has 0 bridgehead atoms. The molecule has 1 aliphatic carbocycles. The second-order valence-electron chi connectivity index (χ2n) is 7.94. The number of carbonyl (C=O) groups is 1. The van der Waals surface area contributed by atoms with Crippen molar-refractivity contribution in [1.29, 1.82) is 0 Å². The number of benzene rings is 2. The first-order valence-corrected chi connectivity index (χ1v) is 8.99. The van der Waals surface area contributed by atoms with Gasteiger partial charge in [-0.2, -0.15) is 0 Å². The molecule has 0 saturated heterocycles. The lowest BCUT2D eigenvalue weighted by molar-refractivity contribution is -0.134. The van der Waals surface area contributed by atoms with Gasteiger partial charge in [0.25, 0.3) is 0 Å². The Morgan fingerprint density at radius 1 is 1.15 bits per heavy atom. The van der Waals surface area contributed by atoms with E-state index >= 15 is 0 Å². The molecule has 1 saturated carbocycles. The number of nitrogens with zero attached hydrogens (tertiary/aromatic N) is 3. The number of carbonyl (C=O) groups excluding carboxylic acids is 1. The van der Waals surface area contributed by atoms with Crippen LogP contribution in [0.3, 0.4) is 0 Å². The molecular weight excluding hydrogens is 342 g/mol. The predicted molar refractivity (Wildman–Crippen MR) is 101 cm³/mol. The summed E-state index contributed by atoms with van der Waals surface area (Å²) < 4.78 is 10.0. The van der Waals surface area contributed by atoms with Crippen molar-refractivity contribution >= 4 is 16.9 Å². The number of aromatic nitrogens is 2. The van der Waals surface area contributed by atoms with Crippen LogP contribution >= 0.6 is 0 Å². The minimum atomic E-state index is -0.492. The summed E-state index contributed by atoms with van der Waals surface area (Å²) in [5.41, 5.74) is 2.88. The first-order chi connectivity index (χ1) is 12.9. The number of hydrogen-bond donors (Lipinski definition) is 0. The average Bonchev–Trinajstić information content (AvgIpc) is 3.01. The summed E-state index contributed by atoms with van der Waals surface area (Å²) in [5.74, 6) is 0.929. The SMILES string of the molecule is COc1ccc([C@@]2(C(=O)N(C)Cc3ccc4nonc4c3)CC2(C)C)cc1. The zero-order chi connectivity index (χ0) is 19.2. The highest BCUT2D eigenvalue weighted by Crippen LogP contribution is 2.65. The van der Waals surface area contributed by atoms with Crippen LogP contribution in [0.5, 0.6) is 5.75 Å². The zero-order valence-electron chi connectivity index (χ0n) is 16.0. The molecule has 0 N–H and O–H groups in total. The van der Waals surface area contributed by atoms with Gasteiger partial charge in [0, 0.05) is 13.6 Å². The molecule has 0 unspecified atom stereocenters. The molecule has 1 heterocycles. The van der Waals surface area contributed by atoms with Gasteiger partial charge >= 0.3 is 0 Å². The van der Waals surface area contributed by atoms with Crippen LogP contribution in [0, 0.1) is 5.41 Å². The molecule has 0 radical (unpaired) electrons. The fraction of sp³-hybridized carbons (Fsp3) is 0.381. The smallest absolute Gasteiger partial charge is 0.233 e. The molecule has 140 valence electrons. The first-order valence-electron chi connectivity index (χ1n) is 8.99. The maximum absolute atomic E-state index is 13.5. The van der Waals surface area contributed by atoms with E-state index in [0.29, 0.717) is 17.6 Å². The molecule has 1 aliphatic rings. The molecule has 0 aliphatic heterocycles. The number of fused-ring (bicyclic) bond motifs is 1. The number of likely N-dealkylation sites (N-methyl/N-ethyl adjacent to an activating group) is 1. The third-order valence-corrected chi connectivity index (χ3v) is 5.77. The highest BCUT2D eigenvalue weighted by atomic mass is 16.6. The Kier molecular flexibility index (Phi) is 3.94. The molecule has 27 heavy (non-hydrogen) atoms. The van der Waals surface area contributed by atoms with Crippen molar-refractivity contribution in [3.05, 3.63) is 53.6 Å². The zero-order valence-corrected chi connectivity index (χ0v) is 16.0. The van der Waals surface area contributed by atoms with E-state index in [4.69, 9.17) is 9.37 Å². The minimum Gasteiger partial charge on any atom is -0.497 e. The van der Waals surface area contributed by atoms with Gasteiger partial charge < -0.3 is 9.64 Å². The van der Waals surface area contributed by atoms with Gasteiger partial charge in [0.2, 0.25) is 5.91 Å². The van der Waals surface area contributed by atoms with E-state index in [1.807, 2.05) is 49.5 Å². The van der Waals surface area contributed by atoms with Gasteiger partial charge in [-0.15, -0.1) is 0 Å². The Morgan fingerprint density at radius 3 is 2.44 bits per heavy atom. The molecule has 6 heteroatoms. The minimum absolute atomic E-state index is 0.0765. The van der Waals surface area contributed by atoms with E-state index in [1.165, 1.54) is 0 Å². The van der Waals surface area contributed by atoms with Crippen molar-refractivity contribution in [3.8, 4) is 5.75 Å². The number of rotatable bonds is 5. The molecule has 6 nitrogen and oxygen atoms in total. The van der Waals surface area contributed by atoms with Crippen LogP contribution in [-0.4, -0.2) is 35.3 Å². The fourth-order valence-corrected chi connectivity index (χ4v) is 4.07. The lowest BCUT2D eigenvalue weighted by Gasteiger charge is -2.27. The Morgan fingerprint density at radius 2 is 1.81 bits per heavy atom. The van der Waals surface area contributed by atoms with Gasteiger partial charge in [-0.25, -0.2) is 4.63 Å². The Balaban J connectivity index is 1.60. The van der Waals surface area contributed by atoms with Crippen LogP contribution in [-0.2, 0) is 16.8 Å². The maximum Gasteiger partial charge on any atom is 0.233 e. The van der Waals surface area contributed by atoms with Crippen LogP contribution in [0.1, 0.15) is 31.4 Å². The van der Waals surface area contributed by atoms with Gasteiger partial charge in [0.15, 0.2) is 0 Å². The van der Waals surface area contributed by atoms with Crippen molar-refractivity contribution in [2.75, 3.05) is 14.2 Å². The van der Waals surface area contributed by atoms with Gasteiger partial charge in [-0.05, 0) is 57.5 Å². The first kappa shape index (κ1) is 17.5. The van der Waals surface area contributed by atoms with E-state index in [2.05, 4.69) is 24.2 Å². The van der Waals surface area contributed by atoms with Gasteiger partial charge in [0.1, 0.15) is 16.8 Å². The molecular formula is C21H23N3O3. The molecule has 3 aromatic rings. The third kappa shape index (κ3) is 2.76. The van der Waals surface area contributed by atoms with Crippen molar-refractivity contribution < 1.29 is 14.2 Å². The molecule has 1 atom stereocenters. The van der Waals surface area contributed by atoms with Crippen molar-refractivity contribution in [2.24, 2.45) is 5.41 Å². The summed E-state index contributed by atoms with van der Waals surface area (Å²) >= 11 is 0. The fourth-order valence-electron chi connectivity index (χ4n) is 4.07. The van der Waals surface area contributed by atoms with Crippen LogP contribution in [0.15, 0.2) is 47.1 Å². The Bertz CT molecular complexity index is 993. The standard InChI is InChI=1S/C21H23N3O3/c1-20(2)13-21(20,15-6-8-16(26-4)9-7-15)19(25)24(3)12-14-5-10-17-18(11-14)23-27-22-17/h5-11H,12-13H2,1-4H3/t21-/m1/s1. The third-order valence-electron chi connectivity index (χ3n) is 5.77. The van der Waals surface area contributed by atoms with E-state index in [-0.39, 0.29) is 11.3 Å². The van der Waals surface area contributed by atoms with Crippen LogP contribution in [0.25, 0.3) is 11.0 Å². The second-order valence-corrected chi connectivity index (χ2v) is 7.94. The second kappa shape index (κ2) is 6.08. The topological polar surface area (TPSA) is 68.5 Å². The van der Waals surface area contributed by atoms with Gasteiger partial charge in [-0.1, -0.05) is 32.0 Å². The monoisotopic (exact) mass is 365 g/mol. The molecule has 0 spiro atoms. The van der Waals surface area contributed by atoms with Crippen LogP contribution in [0.4, 0.5) is 0 Å². The van der Waals surface area contributed by atoms with E-state index in [9.17, 15) is 4.79 Å². The maximum atomic E-state index is 13.5. The summed E-state index contributed by atoms with van der Waals surface area (Å²) in [6.45, 7) is 4.81. The van der Waals surface area contributed by atoms with Gasteiger partial charge in [-0.3, -0.25) is 4.79 Å².